The van der Waals surface area contributed by atoms with Crippen LogP contribution in [0.4, 0.5) is 17.1 Å². The van der Waals surface area contributed by atoms with Gasteiger partial charge in [-0.15, -0.1) is 0 Å². The number of non-ortho nitro benzene ring substituents is 1. The number of nitrogens with zero attached hydrogens (tertiary/aromatic N) is 2. The van der Waals surface area contributed by atoms with Gasteiger partial charge in [0, 0.05) is 42.0 Å². The molecule has 2 aromatic carbocycles. The minimum absolute atomic E-state index is 0.0591. The molecule has 0 aromatic heterocycles. The number of ketones is 1. The number of nitro benzene ring substituents is 1. The van der Waals surface area contributed by atoms with Crippen molar-refractivity contribution in [3.8, 4) is 0 Å². The topological polar surface area (TPSA) is 136 Å². The molecule has 10 nitrogen and oxygen atoms in total. The van der Waals surface area contributed by atoms with Crippen LogP contribution in [0.15, 0.2) is 48.5 Å². The SMILES string of the molecule is CC(=O)c1ccc(NC(=O)COC(=O)[C@@H]2CC(=O)N(c3ccc([N+](=O)[O-])cc3)C2)cc1. The second-order valence-corrected chi connectivity index (χ2v) is 6.97. The summed E-state index contributed by atoms with van der Waals surface area (Å²) >= 11 is 0. The van der Waals surface area contributed by atoms with Crippen molar-refractivity contribution >= 4 is 40.6 Å². The van der Waals surface area contributed by atoms with E-state index in [0.29, 0.717) is 16.9 Å². The highest BCUT2D eigenvalue weighted by Gasteiger charge is 2.36. The lowest BCUT2D eigenvalue weighted by atomic mass is 10.1. The van der Waals surface area contributed by atoms with Gasteiger partial charge < -0.3 is 15.0 Å². The van der Waals surface area contributed by atoms with E-state index in [1.165, 1.54) is 36.1 Å². The van der Waals surface area contributed by atoms with Crippen molar-refractivity contribution in [3.63, 3.8) is 0 Å². The molecule has 1 fully saturated rings. The van der Waals surface area contributed by atoms with Crippen LogP contribution < -0.4 is 10.2 Å². The molecule has 160 valence electrons. The minimum atomic E-state index is -0.745. The Bertz CT molecular complexity index is 1030. The normalized spacial score (nSPS) is 15.5. The summed E-state index contributed by atoms with van der Waals surface area (Å²) < 4.78 is 5.03. The molecule has 0 saturated carbocycles. The zero-order valence-corrected chi connectivity index (χ0v) is 16.6. The molecular weight excluding hydrogens is 406 g/mol. The third-order valence-corrected chi connectivity index (χ3v) is 4.75. The van der Waals surface area contributed by atoms with Crippen LogP contribution in [0.5, 0.6) is 0 Å². The van der Waals surface area contributed by atoms with Gasteiger partial charge in [-0.2, -0.15) is 0 Å². The summed E-state index contributed by atoms with van der Waals surface area (Å²) in [5.41, 5.74) is 1.30. The van der Waals surface area contributed by atoms with Gasteiger partial charge in [-0.25, -0.2) is 0 Å². The Morgan fingerprint density at radius 3 is 2.35 bits per heavy atom. The maximum atomic E-state index is 12.3. The molecule has 3 rings (SSSR count). The molecule has 0 bridgehead atoms. The van der Waals surface area contributed by atoms with Gasteiger partial charge in [0.15, 0.2) is 12.4 Å². The van der Waals surface area contributed by atoms with E-state index in [2.05, 4.69) is 5.32 Å². The van der Waals surface area contributed by atoms with E-state index in [1.807, 2.05) is 0 Å². The second kappa shape index (κ2) is 9.16. The molecule has 0 radical (unpaired) electrons. The van der Waals surface area contributed by atoms with Crippen LogP contribution in [-0.4, -0.2) is 41.6 Å². The maximum absolute atomic E-state index is 12.3. The lowest BCUT2D eigenvalue weighted by Crippen LogP contribution is -2.28. The first-order chi connectivity index (χ1) is 14.7. The average Bonchev–Trinajstić information content (AvgIpc) is 3.14. The van der Waals surface area contributed by atoms with E-state index in [9.17, 15) is 29.3 Å². The monoisotopic (exact) mass is 425 g/mol. The third-order valence-electron chi connectivity index (χ3n) is 4.75. The quantitative estimate of drug-likeness (QED) is 0.311. The summed E-state index contributed by atoms with van der Waals surface area (Å²) in [5, 5.41) is 13.3. The predicted molar refractivity (Wildman–Crippen MR) is 110 cm³/mol. The number of nitrogens with one attached hydrogen (secondary N) is 1. The highest BCUT2D eigenvalue weighted by Crippen LogP contribution is 2.27. The molecule has 10 heteroatoms. The predicted octanol–water partition coefficient (Wildman–Crippen LogP) is 2.33. The molecule has 0 unspecified atom stereocenters. The van der Waals surface area contributed by atoms with E-state index < -0.39 is 29.3 Å². The van der Waals surface area contributed by atoms with Gasteiger partial charge in [-0.3, -0.25) is 29.3 Å². The summed E-state index contributed by atoms with van der Waals surface area (Å²) in [7, 11) is 0. The Balaban J connectivity index is 1.51. The molecule has 1 N–H and O–H groups in total. The first kappa shape index (κ1) is 21.6. The van der Waals surface area contributed by atoms with E-state index in [4.69, 9.17) is 4.74 Å². The van der Waals surface area contributed by atoms with Crippen molar-refractivity contribution in [2.75, 3.05) is 23.4 Å². The van der Waals surface area contributed by atoms with Crippen molar-refractivity contribution in [3.05, 3.63) is 64.2 Å². The Morgan fingerprint density at radius 2 is 1.77 bits per heavy atom. The van der Waals surface area contributed by atoms with Gasteiger partial charge in [0.1, 0.15) is 0 Å². The number of benzene rings is 2. The highest BCUT2D eigenvalue weighted by atomic mass is 16.6. The molecular formula is C21H19N3O7. The zero-order valence-electron chi connectivity index (χ0n) is 16.6. The Morgan fingerprint density at radius 1 is 1.13 bits per heavy atom. The zero-order chi connectivity index (χ0) is 22.5. The van der Waals surface area contributed by atoms with E-state index >= 15 is 0 Å². The van der Waals surface area contributed by atoms with Gasteiger partial charge in [0.25, 0.3) is 11.6 Å². The Kier molecular flexibility index (Phi) is 6.39. The van der Waals surface area contributed by atoms with Gasteiger partial charge in [0.05, 0.1) is 10.8 Å². The molecule has 2 amide bonds. The number of amides is 2. The fourth-order valence-corrected chi connectivity index (χ4v) is 3.11. The maximum Gasteiger partial charge on any atom is 0.311 e. The van der Waals surface area contributed by atoms with Gasteiger partial charge in [-0.1, -0.05) is 0 Å². The summed E-state index contributed by atoms with van der Waals surface area (Å²) in [4.78, 5) is 59.3. The molecule has 2 aromatic rings. The largest absolute Gasteiger partial charge is 0.455 e. The number of nitro groups is 1. The molecule has 1 aliphatic heterocycles. The van der Waals surface area contributed by atoms with Crippen molar-refractivity contribution < 1.29 is 28.8 Å². The van der Waals surface area contributed by atoms with Crippen molar-refractivity contribution in [1.82, 2.24) is 0 Å². The standard InChI is InChI=1S/C21H19N3O7/c1-13(25)14-2-4-16(5-3-14)22-19(26)12-31-21(28)15-10-20(27)23(11-15)17-6-8-18(9-7-17)24(29)30/h2-9,15H,10-12H2,1H3,(H,22,26)/t15-/m1/s1. The smallest absolute Gasteiger partial charge is 0.311 e. The summed E-state index contributed by atoms with van der Waals surface area (Å²) in [5.74, 6) is -2.39. The highest BCUT2D eigenvalue weighted by molar-refractivity contribution is 6.00. The number of carbonyl (C=O) groups is 4. The van der Waals surface area contributed by atoms with Gasteiger partial charge >= 0.3 is 5.97 Å². The summed E-state index contributed by atoms with van der Waals surface area (Å²) in [6.45, 7) is 0.975. The summed E-state index contributed by atoms with van der Waals surface area (Å²) in [6, 6.07) is 11.7. The molecule has 1 aliphatic rings. The number of ether oxygens (including phenoxy) is 1. The van der Waals surface area contributed by atoms with Crippen LogP contribution in [0.3, 0.4) is 0 Å². The third kappa shape index (κ3) is 5.30. The minimum Gasteiger partial charge on any atom is -0.455 e. The van der Waals surface area contributed by atoms with Gasteiger partial charge in [-0.05, 0) is 43.3 Å². The number of hydrogen-bond acceptors (Lipinski definition) is 7. The van der Waals surface area contributed by atoms with Crippen LogP contribution in [0.2, 0.25) is 0 Å². The van der Waals surface area contributed by atoms with E-state index in [1.54, 1.807) is 24.3 Å². The Hall–Kier alpha value is -4.08. The fraction of sp³-hybridized carbons (Fsp3) is 0.238. The first-order valence-electron chi connectivity index (χ1n) is 9.37. The number of esters is 1. The second-order valence-electron chi connectivity index (χ2n) is 6.97. The lowest BCUT2D eigenvalue weighted by molar-refractivity contribution is -0.384. The number of carbonyl (C=O) groups excluding carboxylic acids is 4. The number of rotatable bonds is 7. The van der Waals surface area contributed by atoms with E-state index in [0.717, 1.165) is 0 Å². The number of hydrogen-bond donors (Lipinski definition) is 1. The molecule has 1 heterocycles. The first-order valence-corrected chi connectivity index (χ1v) is 9.37. The van der Waals surface area contributed by atoms with Crippen LogP contribution in [0.1, 0.15) is 23.7 Å². The van der Waals surface area contributed by atoms with Crippen molar-refractivity contribution in [1.29, 1.82) is 0 Å². The molecule has 1 saturated heterocycles. The van der Waals surface area contributed by atoms with Gasteiger partial charge in [0.2, 0.25) is 5.91 Å². The fourth-order valence-electron chi connectivity index (χ4n) is 3.11. The van der Waals surface area contributed by atoms with Crippen molar-refractivity contribution in [2.45, 2.75) is 13.3 Å². The molecule has 0 aliphatic carbocycles. The Labute approximate surface area is 176 Å². The van der Waals surface area contributed by atoms with Crippen LogP contribution >= 0.6 is 0 Å². The van der Waals surface area contributed by atoms with Crippen LogP contribution in [0.25, 0.3) is 0 Å². The van der Waals surface area contributed by atoms with Crippen LogP contribution in [-0.2, 0) is 19.1 Å². The summed E-state index contributed by atoms with van der Waals surface area (Å²) in [6.07, 6.45) is -0.0794. The van der Waals surface area contributed by atoms with Crippen LogP contribution in [0, 0.1) is 16.0 Å². The molecule has 31 heavy (non-hydrogen) atoms. The lowest BCUT2D eigenvalue weighted by Gasteiger charge is -2.16. The molecule has 1 atom stereocenters. The molecule has 0 spiro atoms. The number of anilines is 2. The number of Topliss-reactive ketones (excluding diaryl/α,β-unsaturated/α-hetero) is 1. The van der Waals surface area contributed by atoms with E-state index in [-0.39, 0.29) is 30.3 Å². The average molecular weight is 425 g/mol. The van der Waals surface area contributed by atoms with Crippen molar-refractivity contribution in [2.24, 2.45) is 5.92 Å².